The number of aromatic nitrogens is 1. The van der Waals surface area contributed by atoms with Crippen LogP contribution in [0, 0.1) is 0 Å². The first-order valence-electron chi connectivity index (χ1n) is 13.0. The average Bonchev–Trinajstić information content (AvgIpc) is 3.00. The number of nitrogens with zero attached hydrogens (tertiary/aromatic N) is 3. The number of carbonyl (C=O) groups excluding carboxylic acids is 2. The van der Waals surface area contributed by atoms with E-state index in [1.807, 2.05) is 12.1 Å². The van der Waals surface area contributed by atoms with Crippen molar-refractivity contribution in [2.45, 2.75) is 37.1 Å². The standard InChI is InChI=1S/C18H18F3N3O3S.C11H15NO/c19-13-18(20,21)15-1-3-16(4-2-15)28(26,27)24-11-9-23(10-12-24)17(25)14-5-7-22-8-6-14;1-9(2)11-5-3-10(4-6-11)7-12-8-13/h1-8H,9-13H2;3-6,8-9H,7H2,1-2H3,(H,12,13). The first kappa shape index (κ1) is 31.8. The molecular formula is C29H33F3N4O4S. The average molecular weight is 591 g/mol. The van der Waals surface area contributed by atoms with Gasteiger partial charge in [-0.15, -0.1) is 0 Å². The number of carbonyl (C=O) groups is 2. The zero-order chi connectivity index (χ0) is 30.0. The van der Waals surface area contributed by atoms with Gasteiger partial charge in [-0.2, -0.15) is 13.1 Å². The summed E-state index contributed by atoms with van der Waals surface area (Å²) in [5.41, 5.74) is 2.35. The molecule has 2 heterocycles. The maximum atomic E-state index is 13.4. The summed E-state index contributed by atoms with van der Waals surface area (Å²) in [6.07, 6.45) is 3.73. The highest BCUT2D eigenvalue weighted by atomic mass is 32.2. The maximum Gasteiger partial charge on any atom is 0.301 e. The van der Waals surface area contributed by atoms with Crippen LogP contribution >= 0.6 is 0 Å². The molecule has 1 N–H and O–H groups in total. The number of amides is 2. The summed E-state index contributed by atoms with van der Waals surface area (Å²) in [6, 6.07) is 15.4. The Bertz CT molecular complexity index is 1380. The van der Waals surface area contributed by atoms with Gasteiger partial charge in [-0.25, -0.2) is 12.8 Å². The molecule has 1 aliphatic heterocycles. The van der Waals surface area contributed by atoms with Crippen molar-refractivity contribution in [2.75, 3.05) is 32.9 Å². The molecule has 0 unspecified atom stereocenters. The summed E-state index contributed by atoms with van der Waals surface area (Å²) in [4.78, 5) is 27.7. The number of hydrogen-bond donors (Lipinski definition) is 1. The Morgan fingerprint density at radius 2 is 1.56 bits per heavy atom. The second-order valence-electron chi connectivity index (χ2n) is 9.69. The van der Waals surface area contributed by atoms with Crippen molar-refractivity contribution >= 4 is 22.3 Å². The number of rotatable bonds is 9. The van der Waals surface area contributed by atoms with Crippen LogP contribution in [0.2, 0.25) is 0 Å². The molecule has 1 saturated heterocycles. The van der Waals surface area contributed by atoms with Crippen LogP contribution < -0.4 is 5.32 Å². The molecule has 0 bridgehead atoms. The Kier molecular flexibility index (Phi) is 11.0. The molecule has 0 radical (unpaired) electrons. The molecule has 220 valence electrons. The lowest BCUT2D eigenvalue weighted by molar-refractivity contribution is -0.109. The Labute approximate surface area is 238 Å². The van der Waals surface area contributed by atoms with Crippen molar-refractivity contribution in [2.24, 2.45) is 0 Å². The van der Waals surface area contributed by atoms with Crippen LogP contribution in [0.15, 0.2) is 78.0 Å². The largest absolute Gasteiger partial charge is 0.355 e. The SMILES string of the molecule is CC(C)c1ccc(CNC=O)cc1.O=C(c1ccncc1)N1CCN(S(=O)(=O)c2ccc(C(F)(F)CF)cc2)CC1. The van der Waals surface area contributed by atoms with Crippen molar-refractivity contribution < 1.29 is 31.2 Å². The molecule has 12 heteroatoms. The van der Waals surface area contributed by atoms with E-state index < -0.39 is 28.2 Å². The van der Waals surface area contributed by atoms with Gasteiger partial charge < -0.3 is 10.2 Å². The molecule has 41 heavy (non-hydrogen) atoms. The summed E-state index contributed by atoms with van der Waals surface area (Å²) in [7, 11) is -3.90. The third-order valence-corrected chi connectivity index (χ3v) is 8.48. The van der Waals surface area contributed by atoms with Crippen molar-refractivity contribution in [1.82, 2.24) is 19.5 Å². The van der Waals surface area contributed by atoms with Gasteiger partial charge in [-0.3, -0.25) is 14.6 Å². The first-order chi connectivity index (χ1) is 19.5. The number of hydrogen-bond acceptors (Lipinski definition) is 5. The van der Waals surface area contributed by atoms with E-state index in [0.29, 0.717) is 18.0 Å². The minimum atomic E-state index is -3.90. The minimum Gasteiger partial charge on any atom is -0.355 e. The number of halogens is 3. The van der Waals surface area contributed by atoms with Crippen LogP contribution in [0.3, 0.4) is 0 Å². The molecule has 0 aliphatic carbocycles. The summed E-state index contributed by atoms with van der Waals surface area (Å²) in [5.74, 6) is -3.30. The fraction of sp³-hybridized carbons (Fsp3) is 0.345. The lowest BCUT2D eigenvalue weighted by atomic mass is 10.0. The van der Waals surface area contributed by atoms with Gasteiger partial charge in [0.2, 0.25) is 16.4 Å². The quantitative estimate of drug-likeness (QED) is 0.374. The van der Waals surface area contributed by atoms with E-state index in [-0.39, 0.29) is 37.0 Å². The first-order valence-corrected chi connectivity index (χ1v) is 14.4. The topological polar surface area (TPSA) is 99.7 Å². The summed E-state index contributed by atoms with van der Waals surface area (Å²) >= 11 is 0. The molecule has 1 aromatic heterocycles. The number of alkyl halides is 3. The van der Waals surface area contributed by atoms with Gasteiger partial charge in [0, 0.05) is 56.2 Å². The van der Waals surface area contributed by atoms with Gasteiger partial charge in [0.05, 0.1) is 4.90 Å². The van der Waals surface area contributed by atoms with E-state index in [4.69, 9.17) is 0 Å². The number of sulfonamides is 1. The monoisotopic (exact) mass is 590 g/mol. The van der Waals surface area contributed by atoms with Gasteiger partial charge in [-0.1, -0.05) is 50.2 Å². The highest BCUT2D eigenvalue weighted by Crippen LogP contribution is 2.29. The summed E-state index contributed by atoms with van der Waals surface area (Å²) < 4.78 is 65.7. The number of nitrogens with one attached hydrogen (secondary N) is 1. The predicted octanol–water partition coefficient (Wildman–Crippen LogP) is 4.35. The van der Waals surface area contributed by atoms with Gasteiger partial charge in [0.25, 0.3) is 5.91 Å². The van der Waals surface area contributed by atoms with E-state index in [2.05, 4.69) is 36.3 Å². The molecular weight excluding hydrogens is 557 g/mol. The van der Waals surface area contributed by atoms with Crippen LogP contribution in [-0.4, -0.2) is 67.8 Å². The van der Waals surface area contributed by atoms with Crippen LogP contribution in [0.25, 0.3) is 0 Å². The van der Waals surface area contributed by atoms with Gasteiger partial charge in [-0.05, 0) is 41.3 Å². The molecule has 4 rings (SSSR count). The maximum absolute atomic E-state index is 13.4. The highest BCUT2D eigenvalue weighted by Gasteiger charge is 2.33. The second kappa shape index (κ2) is 14.2. The molecule has 0 spiro atoms. The summed E-state index contributed by atoms with van der Waals surface area (Å²) in [6.45, 7) is 3.67. The van der Waals surface area contributed by atoms with Gasteiger partial charge in [0.15, 0.2) is 6.67 Å². The number of piperazine rings is 1. The number of benzene rings is 2. The van der Waals surface area contributed by atoms with Gasteiger partial charge >= 0.3 is 5.92 Å². The molecule has 0 saturated carbocycles. The van der Waals surface area contributed by atoms with E-state index in [1.54, 1.807) is 17.0 Å². The fourth-order valence-electron chi connectivity index (χ4n) is 4.09. The van der Waals surface area contributed by atoms with Crippen molar-refractivity contribution in [3.63, 3.8) is 0 Å². The molecule has 2 aromatic carbocycles. The third-order valence-electron chi connectivity index (χ3n) is 6.57. The predicted molar refractivity (Wildman–Crippen MR) is 149 cm³/mol. The van der Waals surface area contributed by atoms with E-state index in [0.717, 1.165) is 36.2 Å². The lowest BCUT2D eigenvalue weighted by Crippen LogP contribution is -2.50. The number of pyridine rings is 1. The second-order valence-corrected chi connectivity index (χ2v) is 11.6. The fourth-order valence-corrected chi connectivity index (χ4v) is 5.51. The molecule has 2 amide bonds. The van der Waals surface area contributed by atoms with E-state index in [9.17, 15) is 31.2 Å². The lowest BCUT2D eigenvalue weighted by Gasteiger charge is -2.34. The minimum absolute atomic E-state index is 0.0849. The normalized spacial score (nSPS) is 14.2. The van der Waals surface area contributed by atoms with Crippen LogP contribution in [-0.2, 0) is 27.3 Å². The van der Waals surface area contributed by atoms with Gasteiger partial charge in [0.1, 0.15) is 0 Å². The van der Waals surface area contributed by atoms with Crippen LogP contribution in [0.4, 0.5) is 13.2 Å². The Morgan fingerprint density at radius 3 is 2.07 bits per heavy atom. The van der Waals surface area contributed by atoms with E-state index >= 15 is 0 Å². The molecule has 0 atom stereocenters. The Morgan fingerprint density at radius 1 is 0.976 bits per heavy atom. The third kappa shape index (κ3) is 8.37. The Balaban J connectivity index is 0.000000298. The Hall–Kier alpha value is -3.77. The van der Waals surface area contributed by atoms with Crippen LogP contribution in [0.5, 0.6) is 0 Å². The van der Waals surface area contributed by atoms with E-state index in [1.165, 1.54) is 22.3 Å². The van der Waals surface area contributed by atoms with Crippen molar-refractivity contribution in [1.29, 1.82) is 0 Å². The molecule has 8 nitrogen and oxygen atoms in total. The molecule has 1 fully saturated rings. The summed E-state index contributed by atoms with van der Waals surface area (Å²) in [5, 5.41) is 2.63. The van der Waals surface area contributed by atoms with Crippen LogP contribution in [0.1, 0.15) is 46.8 Å². The van der Waals surface area contributed by atoms with Crippen molar-refractivity contribution in [3.8, 4) is 0 Å². The zero-order valence-electron chi connectivity index (χ0n) is 22.8. The van der Waals surface area contributed by atoms with Crippen molar-refractivity contribution in [3.05, 3.63) is 95.3 Å². The smallest absolute Gasteiger partial charge is 0.301 e. The molecule has 1 aliphatic rings. The molecule has 3 aromatic rings. The highest BCUT2D eigenvalue weighted by molar-refractivity contribution is 7.89. The zero-order valence-corrected chi connectivity index (χ0v) is 23.7.